The Labute approximate surface area is 128 Å². The fourth-order valence-corrected chi connectivity index (χ4v) is 3.25. The third-order valence-electron chi connectivity index (χ3n) is 2.78. The molecule has 0 fully saturated rings. The van der Waals surface area contributed by atoms with Gasteiger partial charge in [-0.15, -0.1) is 0 Å². The second-order valence-electron chi connectivity index (χ2n) is 4.26. The average Bonchev–Trinajstić information content (AvgIpc) is 2.46. The first-order chi connectivity index (χ1) is 9.96. The van der Waals surface area contributed by atoms with Crippen molar-refractivity contribution < 1.29 is 18.3 Å². The summed E-state index contributed by atoms with van der Waals surface area (Å²) in [6.45, 7) is -0.260. The fourth-order valence-electron chi connectivity index (χ4n) is 1.79. The molecular weight excluding hydrogens is 314 g/mol. The van der Waals surface area contributed by atoms with Crippen LogP contribution in [0.25, 0.3) is 0 Å². The van der Waals surface area contributed by atoms with Gasteiger partial charge in [-0.05, 0) is 35.9 Å². The van der Waals surface area contributed by atoms with Gasteiger partial charge in [0, 0.05) is 5.02 Å². The lowest BCUT2D eigenvalue weighted by Gasteiger charge is -2.12. The van der Waals surface area contributed by atoms with Gasteiger partial charge in [-0.25, -0.2) is 8.42 Å². The second kappa shape index (κ2) is 6.34. The van der Waals surface area contributed by atoms with E-state index in [0.29, 0.717) is 16.3 Å². The monoisotopic (exact) mass is 327 g/mol. The van der Waals surface area contributed by atoms with Gasteiger partial charge < -0.3 is 9.84 Å². The van der Waals surface area contributed by atoms with Gasteiger partial charge in [0.2, 0.25) is 0 Å². The first-order valence-electron chi connectivity index (χ1n) is 6.02. The lowest BCUT2D eigenvalue weighted by atomic mass is 10.2. The molecule has 2 rings (SSSR count). The number of aliphatic hydroxyl groups excluding tert-OH is 1. The van der Waals surface area contributed by atoms with Crippen LogP contribution in [0.2, 0.25) is 5.02 Å². The quantitative estimate of drug-likeness (QED) is 0.885. The van der Waals surface area contributed by atoms with Crippen molar-refractivity contribution in [3.63, 3.8) is 0 Å². The van der Waals surface area contributed by atoms with Crippen LogP contribution in [0.4, 0.5) is 5.69 Å². The van der Waals surface area contributed by atoms with Gasteiger partial charge in [-0.2, -0.15) is 0 Å². The number of nitrogens with one attached hydrogen (secondary N) is 1. The first kappa shape index (κ1) is 15.6. The normalized spacial score (nSPS) is 11.2. The van der Waals surface area contributed by atoms with E-state index in [1.54, 1.807) is 24.3 Å². The number of halogens is 1. The van der Waals surface area contributed by atoms with E-state index in [9.17, 15) is 8.42 Å². The topological polar surface area (TPSA) is 75.6 Å². The fraction of sp³-hybridized carbons (Fsp3) is 0.143. The summed E-state index contributed by atoms with van der Waals surface area (Å²) < 4.78 is 32.4. The average molecular weight is 328 g/mol. The highest BCUT2D eigenvalue weighted by Crippen LogP contribution is 2.27. The Bertz CT molecular complexity index is 746. The van der Waals surface area contributed by atoms with Crippen molar-refractivity contribution in [2.75, 3.05) is 11.8 Å². The molecule has 0 bridgehead atoms. The number of benzene rings is 2. The Hall–Kier alpha value is -1.76. The van der Waals surface area contributed by atoms with Crippen LogP contribution in [0.3, 0.4) is 0 Å². The van der Waals surface area contributed by atoms with Gasteiger partial charge in [0.25, 0.3) is 10.0 Å². The molecule has 0 heterocycles. The molecule has 0 aliphatic rings. The molecule has 0 spiro atoms. The maximum atomic E-state index is 12.4. The molecule has 5 nitrogen and oxygen atoms in total. The smallest absolute Gasteiger partial charge is 0.265 e. The van der Waals surface area contributed by atoms with Gasteiger partial charge in [-0.1, -0.05) is 23.7 Å². The highest BCUT2D eigenvalue weighted by Gasteiger charge is 2.20. The van der Waals surface area contributed by atoms with E-state index in [-0.39, 0.29) is 17.3 Å². The summed E-state index contributed by atoms with van der Waals surface area (Å²) in [5.74, 6) is 0.196. The minimum Gasteiger partial charge on any atom is -0.495 e. The molecule has 2 aromatic rings. The summed E-state index contributed by atoms with van der Waals surface area (Å²) in [6.07, 6.45) is 0. The molecule has 0 aromatic heterocycles. The minimum absolute atomic E-state index is 0.0449. The molecule has 0 aliphatic heterocycles. The van der Waals surface area contributed by atoms with Crippen LogP contribution in [0.15, 0.2) is 47.4 Å². The summed E-state index contributed by atoms with van der Waals surface area (Å²) in [5.41, 5.74) is 0.821. The Kier molecular flexibility index (Phi) is 4.72. The molecule has 2 N–H and O–H groups in total. The third kappa shape index (κ3) is 3.66. The zero-order valence-corrected chi connectivity index (χ0v) is 12.8. The number of hydrogen-bond acceptors (Lipinski definition) is 4. The Morgan fingerprint density at radius 1 is 1.24 bits per heavy atom. The van der Waals surface area contributed by atoms with Crippen LogP contribution in [-0.2, 0) is 16.6 Å². The van der Waals surface area contributed by atoms with Crippen molar-refractivity contribution in [2.45, 2.75) is 11.5 Å². The van der Waals surface area contributed by atoms with Gasteiger partial charge >= 0.3 is 0 Å². The predicted octanol–water partition coefficient (Wildman–Crippen LogP) is 2.64. The molecule has 0 radical (unpaired) electrons. The van der Waals surface area contributed by atoms with Crippen molar-refractivity contribution in [2.24, 2.45) is 0 Å². The number of ether oxygens (including phenoxy) is 1. The number of sulfonamides is 1. The molecule has 0 amide bonds. The van der Waals surface area contributed by atoms with Crippen LogP contribution < -0.4 is 9.46 Å². The highest BCUT2D eigenvalue weighted by atomic mass is 35.5. The molecule has 112 valence electrons. The largest absolute Gasteiger partial charge is 0.495 e. The van der Waals surface area contributed by atoms with Gasteiger partial charge in [0.15, 0.2) is 0 Å². The van der Waals surface area contributed by atoms with Crippen LogP contribution in [-0.4, -0.2) is 20.6 Å². The standard InChI is InChI=1S/C14H14ClNO4S/c1-20-13-6-5-10(9-17)7-14(13)21(18,19)16-12-4-2-3-11(15)8-12/h2-8,16-17H,9H2,1H3. The molecule has 0 unspecified atom stereocenters. The molecule has 7 heteroatoms. The van der Waals surface area contributed by atoms with E-state index < -0.39 is 10.0 Å². The lowest BCUT2D eigenvalue weighted by molar-refractivity contribution is 0.281. The van der Waals surface area contributed by atoms with Crippen molar-refractivity contribution in [1.29, 1.82) is 0 Å². The summed E-state index contributed by atoms with van der Waals surface area (Å²) in [4.78, 5) is -0.0449. The van der Waals surface area contributed by atoms with Crippen LogP contribution in [0, 0.1) is 0 Å². The molecule has 0 aliphatic carbocycles. The number of methoxy groups -OCH3 is 1. The van der Waals surface area contributed by atoms with Crippen LogP contribution in [0.1, 0.15) is 5.56 Å². The van der Waals surface area contributed by atoms with Gasteiger partial charge in [0.1, 0.15) is 10.6 Å². The number of aliphatic hydroxyl groups is 1. The van der Waals surface area contributed by atoms with E-state index >= 15 is 0 Å². The molecular formula is C14H14ClNO4S. The summed E-state index contributed by atoms with van der Waals surface area (Å²) in [6, 6.07) is 10.8. The lowest BCUT2D eigenvalue weighted by Crippen LogP contribution is -2.14. The highest BCUT2D eigenvalue weighted by molar-refractivity contribution is 7.92. The van der Waals surface area contributed by atoms with Gasteiger partial charge in [-0.3, -0.25) is 4.72 Å². The summed E-state index contributed by atoms with van der Waals surface area (Å²) >= 11 is 5.83. The van der Waals surface area contributed by atoms with Crippen LogP contribution >= 0.6 is 11.6 Å². The van der Waals surface area contributed by atoms with Crippen molar-refractivity contribution in [3.8, 4) is 5.75 Å². The Balaban J connectivity index is 2.43. The Morgan fingerprint density at radius 2 is 2.00 bits per heavy atom. The number of hydrogen-bond donors (Lipinski definition) is 2. The number of anilines is 1. The summed E-state index contributed by atoms with van der Waals surface area (Å²) in [7, 11) is -2.47. The van der Waals surface area contributed by atoms with Crippen LogP contribution in [0.5, 0.6) is 5.75 Å². The number of rotatable bonds is 5. The predicted molar refractivity (Wildman–Crippen MR) is 81.2 cm³/mol. The molecule has 0 saturated heterocycles. The van der Waals surface area contributed by atoms with Crippen molar-refractivity contribution in [3.05, 3.63) is 53.1 Å². The third-order valence-corrected chi connectivity index (χ3v) is 4.41. The van der Waals surface area contributed by atoms with Crippen molar-refractivity contribution >= 4 is 27.3 Å². The van der Waals surface area contributed by atoms with E-state index in [2.05, 4.69) is 4.72 Å². The molecule has 2 aromatic carbocycles. The maximum absolute atomic E-state index is 12.4. The SMILES string of the molecule is COc1ccc(CO)cc1S(=O)(=O)Nc1cccc(Cl)c1. The first-order valence-corrected chi connectivity index (χ1v) is 7.88. The zero-order valence-electron chi connectivity index (χ0n) is 11.2. The molecule has 0 atom stereocenters. The van der Waals surface area contributed by atoms with E-state index in [1.165, 1.54) is 25.3 Å². The van der Waals surface area contributed by atoms with E-state index in [4.69, 9.17) is 21.4 Å². The maximum Gasteiger partial charge on any atom is 0.265 e. The minimum atomic E-state index is -3.85. The zero-order chi connectivity index (χ0) is 15.5. The summed E-state index contributed by atoms with van der Waals surface area (Å²) in [5, 5.41) is 9.57. The van der Waals surface area contributed by atoms with Crippen molar-refractivity contribution in [1.82, 2.24) is 0 Å². The second-order valence-corrected chi connectivity index (χ2v) is 6.35. The van der Waals surface area contributed by atoms with E-state index in [1.807, 2.05) is 0 Å². The Morgan fingerprint density at radius 3 is 2.62 bits per heavy atom. The molecule has 21 heavy (non-hydrogen) atoms. The van der Waals surface area contributed by atoms with E-state index in [0.717, 1.165) is 0 Å². The molecule has 0 saturated carbocycles. The van der Waals surface area contributed by atoms with Gasteiger partial charge in [0.05, 0.1) is 19.4 Å².